The van der Waals surface area contributed by atoms with Gasteiger partial charge in [-0.3, -0.25) is 0 Å². The highest BCUT2D eigenvalue weighted by Gasteiger charge is 2.43. The first kappa shape index (κ1) is 16.5. The highest BCUT2D eigenvalue weighted by molar-refractivity contribution is 7.89. The highest BCUT2D eigenvalue weighted by Crippen LogP contribution is 2.38. The molecule has 0 aromatic carbocycles. The van der Waals surface area contributed by atoms with Gasteiger partial charge in [-0.25, -0.2) is 13.4 Å². The summed E-state index contributed by atoms with van der Waals surface area (Å²) in [5.74, 6) is 1.17. The lowest BCUT2D eigenvalue weighted by Gasteiger charge is -2.44. The van der Waals surface area contributed by atoms with Gasteiger partial charge in [0.25, 0.3) is 10.0 Å². The van der Waals surface area contributed by atoms with Gasteiger partial charge < -0.3 is 10.3 Å². The van der Waals surface area contributed by atoms with Gasteiger partial charge in [0.1, 0.15) is 5.82 Å². The van der Waals surface area contributed by atoms with E-state index in [1.54, 1.807) is 31.8 Å². The van der Waals surface area contributed by atoms with Crippen LogP contribution in [0.3, 0.4) is 0 Å². The molecule has 21 heavy (non-hydrogen) atoms. The molecule has 1 aromatic heterocycles. The van der Waals surface area contributed by atoms with Gasteiger partial charge in [-0.15, -0.1) is 0 Å². The monoisotopic (exact) mass is 314 g/mol. The molecule has 1 heterocycles. The molecule has 0 saturated heterocycles. The summed E-state index contributed by atoms with van der Waals surface area (Å²) in [4.78, 5) is 4.17. The molecule has 0 radical (unpaired) electrons. The van der Waals surface area contributed by atoms with Gasteiger partial charge in [0.15, 0.2) is 5.03 Å². The predicted octanol–water partition coefficient (Wildman–Crippen LogP) is 1.26. The third-order valence-corrected chi connectivity index (χ3v) is 6.66. The van der Waals surface area contributed by atoms with E-state index in [9.17, 15) is 8.42 Å². The van der Waals surface area contributed by atoms with E-state index in [4.69, 9.17) is 5.73 Å². The molecule has 0 amide bonds. The standard InChI is InChI=1S/C14H26N4O2S/c1-11-6-5-7-14(8-11,10-15)18(4)21(19,20)13-9-17(3)12(2)16-13/h9,11H,5-8,10,15H2,1-4H3. The molecule has 7 heteroatoms. The number of nitrogens with zero attached hydrogens (tertiary/aromatic N) is 3. The molecular formula is C14H26N4O2S. The molecule has 1 aliphatic carbocycles. The lowest BCUT2D eigenvalue weighted by Crippen LogP contribution is -2.56. The Hall–Kier alpha value is -0.920. The van der Waals surface area contributed by atoms with Crippen molar-refractivity contribution >= 4 is 10.0 Å². The van der Waals surface area contributed by atoms with Crippen LogP contribution in [0.4, 0.5) is 0 Å². The number of aromatic nitrogens is 2. The van der Waals surface area contributed by atoms with Crippen molar-refractivity contribution in [3.8, 4) is 0 Å². The number of nitrogens with two attached hydrogens (primary N) is 1. The zero-order valence-corrected chi connectivity index (χ0v) is 14.2. The second-order valence-electron chi connectivity index (χ2n) is 6.34. The third kappa shape index (κ3) is 2.86. The zero-order valence-electron chi connectivity index (χ0n) is 13.3. The summed E-state index contributed by atoms with van der Waals surface area (Å²) >= 11 is 0. The average Bonchev–Trinajstić information content (AvgIpc) is 2.78. The third-order valence-electron chi connectivity index (χ3n) is 4.83. The lowest BCUT2D eigenvalue weighted by atomic mass is 9.76. The van der Waals surface area contributed by atoms with Gasteiger partial charge in [0.05, 0.1) is 0 Å². The van der Waals surface area contributed by atoms with Crippen LogP contribution in [0.15, 0.2) is 11.2 Å². The number of sulfonamides is 1. The van der Waals surface area contributed by atoms with Crippen LogP contribution < -0.4 is 5.73 Å². The van der Waals surface area contributed by atoms with Crippen molar-refractivity contribution in [2.24, 2.45) is 18.7 Å². The van der Waals surface area contributed by atoms with E-state index in [1.165, 1.54) is 4.31 Å². The maximum absolute atomic E-state index is 12.9. The molecule has 6 nitrogen and oxygen atoms in total. The number of hydrogen-bond acceptors (Lipinski definition) is 4. The van der Waals surface area contributed by atoms with Gasteiger partial charge in [0.2, 0.25) is 0 Å². The molecule has 2 N–H and O–H groups in total. The van der Waals surface area contributed by atoms with Crippen molar-refractivity contribution in [3.05, 3.63) is 12.0 Å². The smallest absolute Gasteiger partial charge is 0.262 e. The molecule has 2 rings (SSSR count). The predicted molar refractivity (Wildman–Crippen MR) is 82.3 cm³/mol. The average molecular weight is 314 g/mol. The van der Waals surface area contributed by atoms with Crippen LogP contribution in [0.5, 0.6) is 0 Å². The highest BCUT2D eigenvalue weighted by atomic mass is 32.2. The minimum atomic E-state index is -3.61. The molecule has 0 aliphatic heterocycles. The van der Waals surface area contributed by atoms with E-state index < -0.39 is 15.6 Å². The molecule has 2 unspecified atom stereocenters. The Bertz CT molecular complexity index is 591. The van der Waals surface area contributed by atoms with E-state index in [1.807, 2.05) is 0 Å². The van der Waals surface area contributed by atoms with Crippen LogP contribution >= 0.6 is 0 Å². The molecule has 0 spiro atoms. The largest absolute Gasteiger partial charge is 0.337 e. The van der Waals surface area contributed by atoms with Crippen LogP contribution in [0.25, 0.3) is 0 Å². The Morgan fingerprint density at radius 1 is 1.57 bits per heavy atom. The van der Waals surface area contributed by atoms with Crippen molar-refractivity contribution in [1.82, 2.24) is 13.9 Å². The van der Waals surface area contributed by atoms with Crippen LogP contribution in [0, 0.1) is 12.8 Å². The van der Waals surface area contributed by atoms with E-state index in [-0.39, 0.29) is 5.03 Å². The molecule has 120 valence electrons. The first-order valence-corrected chi connectivity index (χ1v) is 8.86. The van der Waals surface area contributed by atoms with E-state index >= 15 is 0 Å². The number of rotatable bonds is 4. The number of imidazole rings is 1. The van der Waals surface area contributed by atoms with Crippen molar-refractivity contribution in [2.45, 2.75) is 50.1 Å². The number of likely N-dealkylation sites (N-methyl/N-ethyl adjacent to an activating group) is 1. The molecule has 1 aliphatic rings. The SMILES string of the molecule is Cc1nc(S(=O)(=O)N(C)C2(CN)CCCC(C)C2)cn1C. The van der Waals surface area contributed by atoms with E-state index in [0.29, 0.717) is 18.3 Å². The second kappa shape index (κ2) is 5.70. The van der Waals surface area contributed by atoms with Crippen LogP contribution in [-0.4, -0.2) is 41.4 Å². The zero-order chi connectivity index (χ0) is 15.8. The molecular weight excluding hydrogens is 288 g/mol. The Morgan fingerprint density at radius 3 is 2.71 bits per heavy atom. The Morgan fingerprint density at radius 2 is 2.24 bits per heavy atom. The summed E-state index contributed by atoms with van der Waals surface area (Å²) in [6.45, 7) is 4.30. The molecule has 2 atom stereocenters. The first-order valence-electron chi connectivity index (χ1n) is 7.42. The fourth-order valence-corrected chi connectivity index (χ4v) is 4.85. The van der Waals surface area contributed by atoms with Gasteiger partial charge >= 0.3 is 0 Å². The summed E-state index contributed by atoms with van der Waals surface area (Å²) < 4.78 is 28.9. The van der Waals surface area contributed by atoms with Crippen LogP contribution in [0.2, 0.25) is 0 Å². The summed E-state index contributed by atoms with van der Waals surface area (Å²) in [5, 5.41) is 0.107. The van der Waals surface area contributed by atoms with Gasteiger partial charge in [-0.1, -0.05) is 19.8 Å². The molecule has 1 aromatic rings. The van der Waals surface area contributed by atoms with Gasteiger partial charge in [-0.05, 0) is 25.7 Å². The maximum Gasteiger partial charge on any atom is 0.262 e. The summed E-state index contributed by atoms with van der Waals surface area (Å²) in [6.07, 6.45) is 5.34. The van der Waals surface area contributed by atoms with E-state index in [0.717, 1.165) is 25.7 Å². The molecule has 0 bridgehead atoms. The van der Waals surface area contributed by atoms with Gasteiger partial charge in [0, 0.05) is 32.4 Å². The van der Waals surface area contributed by atoms with Crippen LogP contribution in [0.1, 0.15) is 38.4 Å². The van der Waals surface area contributed by atoms with Crippen molar-refractivity contribution in [3.63, 3.8) is 0 Å². The minimum absolute atomic E-state index is 0.107. The maximum atomic E-state index is 12.9. The normalized spacial score (nSPS) is 27.2. The molecule has 1 saturated carbocycles. The lowest BCUT2D eigenvalue weighted by molar-refractivity contribution is 0.127. The number of aryl methyl sites for hydroxylation is 2. The fourth-order valence-electron chi connectivity index (χ4n) is 3.28. The van der Waals surface area contributed by atoms with Crippen molar-refractivity contribution in [1.29, 1.82) is 0 Å². The number of hydrogen-bond donors (Lipinski definition) is 1. The summed E-state index contributed by atoms with van der Waals surface area (Å²) in [7, 11) is -0.175. The van der Waals surface area contributed by atoms with E-state index in [2.05, 4.69) is 11.9 Å². The van der Waals surface area contributed by atoms with Crippen molar-refractivity contribution < 1.29 is 8.42 Å². The van der Waals surface area contributed by atoms with Crippen molar-refractivity contribution in [2.75, 3.05) is 13.6 Å². The van der Waals surface area contributed by atoms with Gasteiger partial charge in [-0.2, -0.15) is 4.31 Å². The molecule has 1 fully saturated rings. The first-order chi connectivity index (χ1) is 9.73. The fraction of sp³-hybridized carbons (Fsp3) is 0.786. The summed E-state index contributed by atoms with van der Waals surface area (Å²) in [6, 6.07) is 0. The minimum Gasteiger partial charge on any atom is -0.337 e. The second-order valence-corrected chi connectivity index (χ2v) is 8.26. The Labute approximate surface area is 127 Å². The summed E-state index contributed by atoms with van der Waals surface area (Å²) in [5.41, 5.74) is 5.50. The Balaban J connectivity index is 2.38. The van der Waals surface area contributed by atoms with Crippen LogP contribution in [-0.2, 0) is 17.1 Å². The Kier molecular flexibility index (Phi) is 4.46. The quantitative estimate of drug-likeness (QED) is 0.907. The topological polar surface area (TPSA) is 81.2 Å².